The van der Waals surface area contributed by atoms with E-state index in [4.69, 9.17) is 14.2 Å². The summed E-state index contributed by atoms with van der Waals surface area (Å²) < 4.78 is 16.9. The third-order valence-corrected chi connectivity index (χ3v) is 7.82. The fourth-order valence-electron chi connectivity index (χ4n) is 5.52. The second kappa shape index (κ2) is 15.6. The van der Waals surface area contributed by atoms with Gasteiger partial charge in [0, 0.05) is 58.0 Å². The zero-order valence-electron chi connectivity index (χ0n) is 24.0. The molecule has 2 aliphatic rings. The van der Waals surface area contributed by atoms with Crippen molar-refractivity contribution in [3.05, 3.63) is 59.2 Å². The van der Waals surface area contributed by atoms with Crippen LogP contribution in [0.4, 0.5) is 5.69 Å². The number of hydrogen-bond donors (Lipinski definition) is 1. The van der Waals surface area contributed by atoms with Gasteiger partial charge in [-0.15, -0.1) is 12.4 Å². The van der Waals surface area contributed by atoms with Crippen LogP contribution in [0.25, 0.3) is 0 Å². The predicted octanol–water partition coefficient (Wildman–Crippen LogP) is 4.97. The molecule has 0 spiro atoms. The Morgan fingerprint density at radius 3 is 2.62 bits per heavy atom. The van der Waals surface area contributed by atoms with Crippen LogP contribution in [0.1, 0.15) is 49.3 Å². The molecule has 216 valence electrons. The third kappa shape index (κ3) is 9.19. The number of piperazine rings is 1. The zero-order valence-corrected chi connectivity index (χ0v) is 24.8. The summed E-state index contributed by atoms with van der Waals surface area (Å²) in [6.45, 7) is 10.3. The molecule has 1 amide bonds. The molecule has 1 heterocycles. The number of rotatable bonds is 11. The number of aryl methyl sites for hydroxylation is 1. The monoisotopic (exact) mass is 559 g/mol. The molecule has 0 unspecified atom stereocenters. The quantitative estimate of drug-likeness (QED) is 0.392. The Labute approximate surface area is 240 Å². The lowest BCUT2D eigenvalue weighted by Crippen LogP contribution is -2.48. The van der Waals surface area contributed by atoms with Gasteiger partial charge in [-0.2, -0.15) is 0 Å². The molecule has 1 atom stereocenters. The van der Waals surface area contributed by atoms with E-state index < -0.39 is 0 Å². The number of amides is 1. The first-order chi connectivity index (χ1) is 18.4. The lowest BCUT2D eigenvalue weighted by Gasteiger charge is -2.32. The highest BCUT2D eigenvalue weighted by Gasteiger charge is 2.30. The molecule has 8 heteroatoms. The number of hydrogen-bond acceptors (Lipinski definition) is 6. The first-order valence-corrected chi connectivity index (χ1v) is 14.1. The number of methoxy groups -OCH3 is 1. The van der Waals surface area contributed by atoms with Crippen LogP contribution in [0.2, 0.25) is 0 Å². The minimum Gasteiger partial charge on any atom is -0.490 e. The fraction of sp³-hybridized carbons (Fsp3) is 0.581. The maximum atomic E-state index is 13.4. The fourth-order valence-corrected chi connectivity index (χ4v) is 5.52. The molecule has 1 saturated heterocycles. The molecule has 2 aromatic carbocycles. The van der Waals surface area contributed by atoms with E-state index in [0.717, 1.165) is 68.9 Å². The van der Waals surface area contributed by atoms with Crippen LogP contribution < -0.4 is 15.0 Å². The number of ether oxygens (including phenoxy) is 3. The lowest BCUT2D eigenvalue weighted by atomic mass is 9.86. The number of nitrogens with zero attached hydrogens (tertiary/aromatic N) is 2. The van der Waals surface area contributed by atoms with Gasteiger partial charge in [0.1, 0.15) is 5.75 Å². The average molecular weight is 560 g/mol. The Bertz CT molecular complexity index is 1040. The van der Waals surface area contributed by atoms with Gasteiger partial charge < -0.3 is 24.4 Å². The van der Waals surface area contributed by atoms with Gasteiger partial charge in [-0.05, 0) is 80.5 Å². The molecule has 2 fully saturated rings. The van der Waals surface area contributed by atoms with Crippen molar-refractivity contribution in [2.45, 2.75) is 64.8 Å². The minimum atomic E-state index is 0. The van der Waals surface area contributed by atoms with E-state index in [9.17, 15) is 4.79 Å². The topological polar surface area (TPSA) is 63.3 Å². The minimum absolute atomic E-state index is 0. The average Bonchev–Trinajstić information content (AvgIpc) is 2.92. The van der Waals surface area contributed by atoms with Crippen LogP contribution in [0.15, 0.2) is 42.5 Å². The van der Waals surface area contributed by atoms with E-state index in [1.54, 1.807) is 7.11 Å². The smallest absolute Gasteiger partial charge is 0.229 e. The maximum absolute atomic E-state index is 13.4. The van der Waals surface area contributed by atoms with Crippen LogP contribution >= 0.6 is 12.4 Å². The molecule has 1 aliphatic carbocycles. The number of benzene rings is 2. The molecule has 0 radical (unpaired) electrons. The number of halogens is 1. The summed E-state index contributed by atoms with van der Waals surface area (Å²) in [7, 11) is 3.59. The van der Waals surface area contributed by atoms with Gasteiger partial charge in [-0.3, -0.25) is 9.69 Å². The van der Waals surface area contributed by atoms with E-state index in [0.29, 0.717) is 25.9 Å². The Hall–Kier alpha value is -2.16. The lowest BCUT2D eigenvalue weighted by molar-refractivity contribution is -0.123. The van der Waals surface area contributed by atoms with Crippen molar-refractivity contribution in [1.29, 1.82) is 0 Å². The SMILES string of the molecule is COCCOCc1cccc(O[C@H]2CC[C@H](C(=O)N(C)c3ccc(CN4CCN[C@@H](C)C4)c(C)c3)CC2)c1.Cl. The van der Waals surface area contributed by atoms with Crippen LogP contribution in [0.3, 0.4) is 0 Å². The maximum Gasteiger partial charge on any atom is 0.229 e. The summed E-state index contributed by atoms with van der Waals surface area (Å²) in [5.41, 5.74) is 4.66. The molecule has 4 rings (SSSR count). The van der Waals surface area contributed by atoms with Crippen molar-refractivity contribution in [3.63, 3.8) is 0 Å². The molecular weight excluding hydrogens is 514 g/mol. The van der Waals surface area contributed by atoms with Gasteiger partial charge in [0.05, 0.1) is 25.9 Å². The van der Waals surface area contributed by atoms with Crippen molar-refractivity contribution in [1.82, 2.24) is 10.2 Å². The van der Waals surface area contributed by atoms with E-state index >= 15 is 0 Å². The van der Waals surface area contributed by atoms with Gasteiger partial charge in [0.2, 0.25) is 5.91 Å². The van der Waals surface area contributed by atoms with Crippen LogP contribution in [-0.4, -0.2) is 70.0 Å². The van der Waals surface area contributed by atoms with E-state index in [1.165, 1.54) is 11.1 Å². The second-order valence-electron chi connectivity index (χ2n) is 10.9. The van der Waals surface area contributed by atoms with Crippen LogP contribution in [0.5, 0.6) is 5.75 Å². The highest BCUT2D eigenvalue weighted by atomic mass is 35.5. The summed E-state index contributed by atoms with van der Waals surface area (Å²) in [6, 6.07) is 15.1. The third-order valence-electron chi connectivity index (χ3n) is 7.82. The molecule has 1 N–H and O–H groups in total. The molecule has 1 saturated carbocycles. The van der Waals surface area contributed by atoms with E-state index in [1.807, 2.05) is 36.2 Å². The zero-order chi connectivity index (χ0) is 26.9. The van der Waals surface area contributed by atoms with Crippen molar-refractivity contribution in [2.24, 2.45) is 5.92 Å². The molecule has 0 bridgehead atoms. The molecule has 0 aromatic heterocycles. The Kier molecular flexibility index (Phi) is 12.5. The van der Waals surface area contributed by atoms with E-state index in [-0.39, 0.29) is 30.3 Å². The standard InChI is InChI=1S/C31H45N3O4.ClH/c1-23-18-28(11-8-27(23)21-34-15-14-32-24(2)20-34)33(3)31(35)26-9-12-29(13-10-26)38-30-7-5-6-25(19-30)22-37-17-16-36-4;/h5-8,11,18-19,24,26,29,32H,9-10,12-17,20-22H2,1-4H3;1H/t24-,26-,29-;/m0./s1. The molecule has 2 aromatic rings. The van der Waals surface area contributed by atoms with Crippen LogP contribution in [0, 0.1) is 12.8 Å². The van der Waals surface area contributed by atoms with Crippen molar-refractivity contribution in [2.75, 3.05) is 51.9 Å². The molecular formula is C31H46ClN3O4. The molecule has 39 heavy (non-hydrogen) atoms. The van der Waals surface area contributed by atoms with Crippen LogP contribution in [-0.2, 0) is 27.4 Å². The number of nitrogens with one attached hydrogen (secondary N) is 1. The van der Waals surface area contributed by atoms with Gasteiger partial charge >= 0.3 is 0 Å². The van der Waals surface area contributed by atoms with Gasteiger partial charge in [0.25, 0.3) is 0 Å². The van der Waals surface area contributed by atoms with Crippen molar-refractivity contribution >= 4 is 24.0 Å². The summed E-state index contributed by atoms with van der Waals surface area (Å²) in [6.07, 6.45) is 3.63. The number of carbonyl (C=O) groups is 1. The van der Waals surface area contributed by atoms with E-state index in [2.05, 4.69) is 42.3 Å². The summed E-state index contributed by atoms with van der Waals surface area (Å²) in [5.74, 6) is 1.12. The summed E-state index contributed by atoms with van der Waals surface area (Å²) >= 11 is 0. The van der Waals surface area contributed by atoms with Gasteiger partial charge in [-0.25, -0.2) is 0 Å². The van der Waals surface area contributed by atoms with Gasteiger partial charge in [-0.1, -0.05) is 18.2 Å². The second-order valence-corrected chi connectivity index (χ2v) is 10.9. The first-order valence-electron chi connectivity index (χ1n) is 14.1. The summed E-state index contributed by atoms with van der Waals surface area (Å²) in [4.78, 5) is 17.7. The number of anilines is 1. The molecule has 7 nitrogen and oxygen atoms in total. The first kappa shape index (κ1) is 31.4. The highest BCUT2D eigenvalue weighted by Crippen LogP contribution is 2.31. The normalized spacial score (nSPS) is 21.7. The predicted molar refractivity (Wildman–Crippen MR) is 159 cm³/mol. The molecule has 1 aliphatic heterocycles. The highest BCUT2D eigenvalue weighted by molar-refractivity contribution is 5.94. The Morgan fingerprint density at radius 2 is 1.90 bits per heavy atom. The number of carbonyl (C=O) groups excluding carboxylic acids is 1. The Balaban J connectivity index is 0.00000420. The van der Waals surface area contributed by atoms with Crippen molar-refractivity contribution < 1.29 is 19.0 Å². The summed E-state index contributed by atoms with van der Waals surface area (Å²) in [5, 5.41) is 3.51. The van der Waals surface area contributed by atoms with Gasteiger partial charge in [0.15, 0.2) is 0 Å². The Morgan fingerprint density at radius 1 is 1.10 bits per heavy atom. The van der Waals surface area contributed by atoms with Crippen molar-refractivity contribution in [3.8, 4) is 5.75 Å². The largest absolute Gasteiger partial charge is 0.490 e.